The number of allylic oxidation sites excluding steroid dienone is 1. The van der Waals surface area contributed by atoms with Crippen molar-refractivity contribution in [1.82, 2.24) is 9.88 Å². The lowest BCUT2D eigenvalue weighted by atomic mass is 10.1. The first-order valence-corrected chi connectivity index (χ1v) is 8.51. The minimum absolute atomic E-state index is 0.106. The summed E-state index contributed by atoms with van der Waals surface area (Å²) in [6.45, 7) is 3.95. The van der Waals surface area contributed by atoms with E-state index in [-0.39, 0.29) is 5.88 Å². The van der Waals surface area contributed by atoms with Gasteiger partial charge in [-0.25, -0.2) is 0 Å². The molecular weight excluding hydrogens is 308 g/mol. The molecule has 23 heavy (non-hydrogen) atoms. The summed E-state index contributed by atoms with van der Waals surface area (Å²) in [7, 11) is 2.13. The fraction of sp³-hybridized carbons (Fsp3) is 0.294. The average molecular weight is 326 g/mol. The lowest BCUT2D eigenvalue weighted by molar-refractivity contribution is 0.312. The molecule has 1 N–H and O–H groups in total. The number of fused-ring (bicyclic) bond motifs is 1. The molecule has 0 bridgehead atoms. The topological polar surface area (TPSA) is 52.0 Å². The number of nitrogens with zero attached hydrogens (tertiary/aromatic N) is 4. The Morgan fingerprint density at radius 1 is 1.17 bits per heavy atom. The molecule has 0 aliphatic carbocycles. The van der Waals surface area contributed by atoms with Crippen LogP contribution in [0.1, 0.15) is 10.4 Å². The smallest absolute Gasteiger partial charge is 0.231 e. The van der Waals surface area contributed by atoms with Crippen molar-refractivity contribution >= 4 is 40.0 Å². The van der Waals surface area contributed by atoms with Gasteiger partial charge in [0.1, 0.15) is 0 Å². The molecule has 2 aliphatic heterocycles. The Labute approximate surface area is 139 Å². The maximum Gasteiger partial charge on any atom is 0.231 e. The SMILES string of the molecule is CN1CCN(c2nc(O)c(C=C3C=Nc4ccccc43)s2)CC1. The number of aromatic hydroxyl groups is 1. The van der Waals surface area contributed by atoms with Crippen LogP contribution < -0.4 is 4.90 Å². The molecule has 0 amide bonds. The van der Waals surface area contributed by atoms with Gasteiger partial charge in [-0.1, -0.05) is 29.5 Å². The number of benzene rings is 1. The van der Waals surface area contributed by atoms with Crippen molar-refractivity contribution in [3.8, 4) is 5.88 Å². The van der Waals surface area contributed by atoms with Crippen molar-refractivity contribution in [2.45, 2.75) is 0 Å². The Balaban J connectivity index is 1.61. The van der Waals surface area contributed by atoms with Gasteiger partial charge in [-0.15, -0.1) is 0 Å². The summed E-state index contributed by atoms with van der Waals surface area (Å²) < 4.78 is 0. The van der Waals surface area contributed by atoms with E-state index >= 15 is 0 Å². The van der Waals surface area contributed by atoms with E-state index in [0.717, 1.165) is 53.0 Å². The van der Waals surface area contributed by atoms with E-state index in [1.165, 1.54) is 11.3 Å². The largest absolute Gasteiger partial charge is 0.492 e. The van der Waals surface area contributed by atoms with Gasteiger partial charge in [0, 0.05) is 43.5 Å². The number of aliphatic imine (C=N–C) groups is 1. The minimum Gasteiger partial charge on any atom is -0.492 e. The molecule has 4 rings (SSSR count). The first-order valence-electron chi connectivity index (χ1n) is 7.69. The number of anilines is 1. The highest BCUT2D eigenvalue weighted by atomic mass is 32.1. The predicted octanol–water partition coefficient (Wildman–Crippen LogP) is 2.86. The van der Waals surface area contributed by atoms with Crippen molar-refractivity contribution in [3.63, 3.8) is 0 Å². The number of aromatic nitrogens is 1. The number of rotatable bonds is 2. The van der Waals surface area contributed by atoms with Gasteiger partial charge in [0.25, 0.3) is 0 Å². The van der Waals surface area contributed by atoms with Crippen LogP contribution >= 0.6 is 11.3 Å². The van der Waals surface area contributed by atoms with Crippen LogP contribution in [0.2, 0.25) is 0 Å². The van der Waals surface area contributed by atoms with Crippen LogP contribution in [-0.2, 0) is 0 Å². The lowest BCUT2D eigenvalue weighted by Crippen LogP contribution is -2.44. The van der Waals surface area contributed by atoms with Gasteiger partial charge >= 0.3 is 0 Å². The highest BCUT2D eigenvalue weighted by Gasteiger charge is 2.20. The third-order valence-corrected chi connectivity index (χ3v) is 5.29. The Bertz CT molecular complexity index is 788. The van der Waals surface area contributed by atoms with Gasteiger partial charge in [-0.05, 0) is 19.2 Å². The van der Waals surface area contributed by atoms with Gasteiger partial charge in [-0.3, -0.25) is 4.99 Å². The Morgan fingerprint density at radius 3 is 2.78 bits per heavy atom. The molecule has 0 spiro atoms. The van der Waals surface area contributed by atoms with Gasteiger partial charge in [-0.2, -0.15) is 4.98 Å². The summed E-state index contributed by atoms with van der Waals surface area (Å²) in [6.07, 6.45) is 3.82. The molecule has 3 heterocycles. The molecule has 0 saturated carbocycles. The lowest BCUT2D eigenvalue weighted by Gasteiger charge is -2.31. The second-order valence-corrected chi connectivity index (χ2v) is 6.86. The molecule has 0 atom stereocenters. The maximum absolute atomic E-state index is 10.2. The standard InChI is InChI=1S/C17H18N4OS/c1-20-6-8-21(9-7-20)17-19-16(22)15(23-17)10-12-11-18-14-5-3-2-4-13(12)14/h2-5,10-11,22H,6-9H2,1H3. The molecule has 6 heteroatoms. The first kappa shape index (κ1) is 14.4. The molecule has 0 unspecified atom stereocenters. The van der Waals surface area contributed by atoms with E-state index in [0.29, 0.717) is 0 Å². The average Bonchev–Trinajstić information content (AvgIpc) is 3.13. The minimum atomic E-state index is 0.106. The highest BCUT2D eigenvalue weighted by Crippen LogP contribution is 2.37. The number of thiazole rings is 1. The van der Waals surface area contributed by atoms with Crippen molar-refractivity contribution < 1.29 is 5.11 Å². The van der Waals surface area contributed by atoms with Gasteiger partial charge in [0.15, 0.2) is 5.13 Å². The van der Waals surface area contributed by atoms with E-state index in [4.69, 9.17) is 0 Å². The summed E-state index contributed by atoms with van der Waals surface area (Å²) in [5, 5.41) is 11.1. The number of hydrogen-bond donors (Lipinski definition) is 1. The van der Waals surface area contributed by atoms with E-state index < -0.39 is 0 Å². The summed E-state index contributed by atoms with van der Waals surface area (Å²) in [6, 6.07) is 8.03. The van der Waals surface area contributed by atoms with Crippen LogP contribution in [0.4, 0.5) is 10.8 Å². The fourth-order valence-electron chi connectivity index (χ4n) is 2.83. The molecular formula is C17H18N4OS. The monoisotopic (exact) mass is 326 g/mol. The normalized spacial score (nSPS) is 19.5. The zero-order valence-corrected chi connectivity index (χ0v) is 13.8. The van der Waals surface area contributed by atoms with Crippen LogP contribution in [0, 0.1) is 0 Å². The molecule has 2 aliphatic rings. The van der Waals surface area contributed by atoms with E-state index in [2.05, 4.69) is 26.8 Å². The second kappa shape index (κ2) is 5.79. The quantitative estimate of drug-likeness (QED) is 0.922. The van der Waals surface area contributed by atoms with E-state index in [1.807, 2.05) is 36.6 Å². The van der Waals surface area contributed by atoms with Crippen LogP contribution in [0.25, 0.3) is 11.6 Å². The van der Waals surface area contributed by atoms with Gasteiger partial charge < -0.3 is 14.9 Å². The number of piperazine rings is 1. The highest BCUT2D eigenvalue weighted by molar-refractivity contribution is 7.16. The first-order chi connectivity index (χ1) is 11.2. The van der Waals surface area contributed by atoms with E-state index in [9.17, 15) is 5.11 Å². The summed E-state index contributed by atoms with van der Waals surface area (Å²) in [4.78, 5) is 14.1. The molecule has 118 valence electrons. The summed E-state index contributed by atoms with van der Waals surface area (Å²) in [5.74, 6) is 0.106. The Hall–Kier alpha value is -2.18. The van der Waals surface area contributed by atoms with Gasteiger partial charge in [0.05, 0.1) is 10.6 Å². The van der Waals surface area contributed by atoms with Crippen LogP contribution in [0.15, 0.2) is 29.3 Å². The summed E-state index contributed by atoms with van der Waals surface area (Å²) >= 11 is 1.54. The molecule has 2 aromatic rings. The molecule has 1 fully saturated rings. The predicted molar refractivity (Wildman–Crippen MR) is 96.0 cm³/mol. The Kier molecular flexibility index (Phi) is 3.63. The fourth-order valence-corrected chi connectivity index (χ4v) is 3.80. The molecule has 1 aromatic carbocycles. The van der Waals surface area contributed by atoms with Gasteiger partial charge in [0.2, 0.25) is 5.88 Å². The zero-order chi connectivity index (χ0) is 15.8. The molecule has 0 radical (unpaired) electrons. The number of hydrogen-bond acceptors (Lipinski definition) is 6. The van der Waals surface area contributed by atoms with Crippen molar-refractivity contribution in [3.05, 3.63) is 34.7 Å². The Morgan fingerprint density at radius 2 is 1.96 bits per heavy atom. The number of likely N-dealkylation sites (N-methyl/N-ethyl adjacent to an activating group) is 1. The van der Waals surface area contributed by atoms with Crippen LogP contribution in [-0.4, -0.2) is 54.4 Å². The third-order valence-electron chi connectivity index (χ3n) is 4.24. The molecule has 1 aromatic heterocycles. The maximum atomic E-state index is 10.2. The summed E-state index contributed by atoms with van der Waals surface area (Å²) in [5.41, 5.74) is 3.09. The van der Waals surface area contributed by atoms with E-state index in [1.54, 1.807) is 0 Å². The van der Waals surface area contributed by atoms with Crippen LogP contribution in [0.3, 0.4) is 0 Å². The second-order valence-electron chi connectivity index (χ2n) is 5.85. The zero-order valence-electron chi connectivity index (χ0n) is 12.9. The van der Waals surface area contributed by atoms with Crippen molar-refractivity contribution in [2.24, 2.45) is 4.99 Å². The third kappa shape index (κ3) is 2.75. The van der Waals surface area contributed by atoms with Crippen molar-refractivity contribution in [1.29, 1.82) is 0 Å². The van der Waals surface area contributed by atoms with Crippen molar-refractivity contribution in [2.75, 3.05) is 38.1 Å². The van der Waals surface area contributed by atoms with Crippen LogP contribution in [0.5, 0.6) is 5.88 Å². The molecule has 1 saturated heterocycles. The molecule has 5 nitrogen and oxygen atoms in total. The number of para-hydroxylation sites is 1.